The van der Waals surface area contributed by atoms with Gasteiger partial charge in [-0.1, -0.05) is 31.2 Å². The van der Waals surface area contributed by atoms with Gasteiger partial charge in [0.2, 0.25) is 5.91 Å². The number of hydrogen-bond acceptors (Lipinski definition) is 8. The number of rotatable bonds is 15. The predicted octanol–water partition coefficient (Wildman–Crippen LogP) is 4.35. The third kappa shape index (κ3) is 6.92. The molecule has 2 amide bonds. The van der Waals surface area contributed by atoms with E-state index in [2.05, 4.69) is 5.32 Å². The van der Waals surface area contributed by atoms with E-state index < -0.39 is 23.5 Å². The molecule has 10 nitrogen and oxygen atoms in total. The standard InChI is InChI=1S/C37H45N3O7/c1-4-47-30-14-15-33-27(21-30)22-32(38-17-6-8-19-42)35(43)40(33)28-12-9-11-26(20-28)24-39-34-16-13-29(46-3)23-31(34)37(45,36(39)44)25(2)10-5-7-18-41/h5,9-16,20-21,23,25,32,38,41-42,45H,4,6-8,17-19,22,24H2,1-3H3/b10-5+/t25-,32?,37+/m0/s1. The van der Waals surface area contributed by atoms with Crippen molar-refractivity contribution in [2.75, 3.05) is 43.3 Å². The highest BCUT2D eigenvalue weighted by Gasteiger charge is 2.52. The molecule has 3 atom stereocenters. The first kappa shape index (κ1) is 34.1. The van der Waals surface area contributed by atoms with Crippen molar-refractivity contribution >= 4 is 28.9 Å². The summed E-state index contributed by atoms with van der Waals surface area (Å²) in [5.74, 6) is 0.149. The van der Waals surface area contributed by atoms with Gasteiger partial charge in [0.15, 0.2) is 5.60 Å². The van der Waals surface area contributed by atoms with Crippen molar-refractivity contribution in [2.45, 2.75) is 57.7 Å². The molecule has 10 heteroatoms. The second-order valence-corrected chi connectivity index (χ2v) is 12.0. The maximum absolute atomic E-state index is 14.1. The summed E-state index contributed by atoms with van der Waals surface area (Å²) < 4.78 is 11.2. The van der Waals surface area contributed by atoms with Gasteiger partial charge < -0.3 is 35.0 Å². The lowest BCUT2D eigenvalue weighted by Gasteiger charge is -2.35. The summed E-state index contributed by atoms with van der Waals surface area (Å²) in [6.45, 7) is 5.09. The van der Waals surface area contributed by atoms with E-state index in [1.54, 1.807) is 47.1 Å². The van der Waals surface area contributed by atoms with Crippen molar-refractivity contribution in [2.24, 2.45) is 5.92 Å². The Morgan fingerprint density at radius 2 is 1.81 bits per heavy atom. The lowest BCUT2D eigenvalue weighted by molar-refractivity contribution is -0.139. The van der Waals surface area contributed by atoms with E-state index >= 15 is 0 Å². The zero-order valence-corrected chi connectivity index (χ0v) is 27.3. The van der Waals surface area contributed by atoms with E-state index in [0.717, 1.165) is 29.0 Å². The normalized spacial score (nSPS) is 19.7. The summed E-state index contributed by atoms with van der Waals surface area (Å²) in [7, 11) is 1.54. The van der Waals surface area contributed by atoms with Crippen molar-refractivity contribution in [3.05, 3.63) is 89.5 Å². The van der Waals surface area contributed by atoms with Gasteiger partial charge >= 0.3 is 0 Å². The lowest BCUT2D eigenvalue weighted by atomic mass is 9.83. The number of aliphatic hydroxyl groups excluding tert-OH is 2. The summed E-state index contributed by atoms with van der Waals surface area (Å²) in [4.78, 5) is 31.4. The molecule has 47 heavy (non-hydrogen) atoms. The maximum atomic E-state index is 14.1. The van der Waals surface area contributed by atoms with E-state index in [4.69, 9.17) is 9.47 Å². The molecule has 0 saturated heterocycles. The second kappa shape index (κ2) is 15.1. The Hall–Kier alpha value is -4.22. The van der Waals surface area contributed by atoms with Crippen LogP contribution in [0.2, 0.25) is 0 Å². The van der Waals surface area contributed by atoms with Gasteiger partial charge in [-0.2, -0.15) is 0 Å². The Balaban J connectivity index is 1.48. The minimum atomic E-state index is -1.83. The number of ether oxygens (including phenoxy) is 2. The number of methoxy groups -OCH3 is 1. The molecule has 0 spiro atoms. The van der Waals surface area contributed by atoms with Crippen LogP contribution in [-0.2, 0) is 28.2 Å². The molecule has 2 heterocycles. The highest BCUT2D eigenvalue weighted by atomic mass is 16.5. The van der Waals surface area contributed by atoms with Crippen molar-refractivity contribution in [3.8, 4) is 11.5 Å². The second-order valence-electron chi connectivity index (χ2n) is 12.0. The number of nitrogens with one attached hydrogen (secondary N) is 1. The maximum Gasteiger partial charge on any atom is 0.264 e. The van der Waals surface area contributed by atoms with E-state index in [-0.39, 0.29) is 25.7 Å². The average molecular weight is 644 g/mol. The molecule has 0 aromatic heterocycles. The van der Waals surface area contributed by atoms with Gasteiger partial charge in [0.1, 0.15) is 11.5 Å². The summed E-state index contributed by atoms with van der Waals surface area (Å²) in [6.07, 6.45) is 5.86. The van der Waals surface area contributed by atoms with Crippen LogP contribution in [0.3, 0.4) is 0 Å². The Bertz CT molecular complexity index is 1610. The molecule has 0 bridgehead atoms. The molecule has 3 aromatic rings. The monoisotopic (exact) mass is 643 g/mol. The van der Waals surface area contributed by atoms with Crippen molar-refractivity contribution in [3.63, 3.8) is 0 Å². The number of fused-ring (bicyclic) bond motifs is 2. The van der Waals surface area contributed by atoms with Crippen molar-refractivity contribution in [1.82, 2.24) is 5.32 Å². The van der Waals surface area contributed by atoms with Crippen LogP contribution in [-0.4, -0.2) is 66.7 Å². The molecular weight excluding hydrogens is 598 g/mol. The summed E-state index contributed by atoms with van der Waals surface area (Å²) in [5.41, 5.74) is 2.41. The Labute approximate surface area is 276 Å². The average Bonchev–Trinajstić information content (AvgIpc) is 3.29. The summed E-state index contributed by atoms with van der Waals surface area (Å²) >= 11 is 0. The third-order valence-electron chi connectivity index (χ3n) is 8.89. The molecule has 5 rings (SSSR count). The number of benzene rings is 3. The van der Waals surface area contributed by atoms with Gasteiger partial charge in [-0.15, -0.1) is 0 Å². The zero-order chi connectivity index (χ0) is 33.6. The minimum absolute atomic E-state index is 0.0271. The predicted molar refractivity (Wildman–Crippen MR) is 181 cm³/mol. The SMILES string of the molecule is CCOc1ccc2c(c1)CC(NCCCCO)C(=O)N2c1cccc(CN2C(=O)[C@@](O)([C@@H](C)/C=C/CCO)c3cc(OC)ccc32)c1. The number of carbonyl (C=O) groups is 2. The fraction of sp³-hybridized carbons (Fsp3) is 0.405. The van der Waals surface area contributed by atoms with Gasteiger partial charge in [0, 0.05) is 30.4 Å². The number of nitrogens with zero attached hydrogens (tertiary/aromatic N) is 2. The molecule has 4 N–H and O–H groups in total. The van der Waals surface area contributed by atoms with Crippen molar-refractivity contribution in [1.29, 1.82) is 0 Å². The van der Waals surface area contributed by atoms with Crippen LogP contribution < -0.4 is 24.6 Å². The molecule has 250 valence electrons. The molecule has 0 fully saturated rings. The number of carbonyl (C=O) groups excluding carboxylic acids is 2. The number of aliphatic hydroxyl groups is 3. The Morgan fingerprint density at radius 1 is 1.02 bits per heavy atom. The third-order valence-corrected chi connectivity index (χ3v) is 8.89. The quantitative estimate of drug-likeness (QED) is 0.142. The lowest BCUT2D eigenvalue weighted by Crippen LogP contribution is -2.49. The van der Waals surface area contributed by atoms with Gasteiger partial charge in [-0.05, 0) is 98.8 Å². The van der Waals surface area contributed by atoms with E-state index in [1.165, 1.54) is 7.11 Å². The van der Waals surface area contributed by atoms with Gasteiger partial charge in [0.25, 0.3) is 5.91 Å². The fourth-order valence-electron chi connectivity index (χ4n) is 6.42. The highest BCUT2D eigenvalue weighted by molar-refractivity contribution is 6.08. The van der Waals surface area contributed by atoms with Crippen LogP contribution in [0, 0.1) is 5.92 Å². The van der Waals surface area contributed by atoms with Crippen LogP contribution in [0.4, 0.5) is 17.1 Å². The van der Waals surface area contributed by atoms with Crippen LogP contribution in [0.5, 0.6) is 11.5 Å². The van der Waals surface area contributed by atoms with Crippen molar-refractivity contribution < 1.29 is 34.4 Å². The number of anilines is 3. The largest absolute Gasteiger partial charge is 0.497 e. The summed E-state index contributed by atoms with van der Waals surface area (Å²) in [6, 6.07) is 18.1. The zero-order valence-electron chi connectivity index (χ0n) is 27.3. The molecule has 0 saturated carbocycles. The molecule has 0 radical (unpaired) electrons. The van der Waals surface area contributed by atoms with Crippen LogP contribution in [0.15, 0.2) is 72.8 Å². The molecule has 1 unspecified atom stereocenters. The van der Waals surface area contributed by atoms with Crippen LogP contribution >= 0.6 is 0 Å². The Kier molecular flexibility index (Phi) is 11.0. The van der Waals surface area contributed by atoms with E-state index in [0.29, 0.717) is 55.1 Å². The van der Waals surface area contributed by atoms with Gasteiger partial charge in [-0.3, -0.25) is 14.5 Å². The molecular formula is C37H45N3O7. The van der Waals surface area contributed by atoms with Gasteiger partial charge in [-0.25, -0.2) is 0 Å². The van der Waals surface area contributed by atoms with E-state index in [9.17, 15) is 24.9 Å². The first-order chi connectivity index (χ1) is 22.8. The highest BCUT2D eigenvalue weighted by Crippen LogP contribution is 2.47. The molecule has 2 aliphatic heterocycles. The number of unbranched alkanes of at least 4 members (excludes halogenated alkanes) is 1. The first-order valence-corrected chi connectivity index (χ1v) is 16.3. The Morgan fingerprint density at radius 3 is 2.55 bits per heavy atom. The number of amides is 2. The van der Waals surface area contributed by atoms with Gasteiger partial charge in [0.05, 0.1) is 37.7 Å². The molecule has 0 aliphatic carbocycles. The van der Waals surface area contributed by atoms with Crippen LogP contribution in [0.25, 0.3) is 0 Å². The molecule has 2 aliphatic rings. The topological polar surface area (TPSA) is 132 Å². The first-order valence-electron chi connectivity index (χ1n) is 16.3. The summed E-state index contributed by atoms with van der Waals surface area (Å²) in [5, 5.41) is 33.8. The molecule has 3 aromatic carbocycles. The number of hydrogen-bond donors (Lipinski definition) is 4. The minimum Gasteiger partial charge on any atom is -0.497 e. The fourth-order valence-corrected chi connectivity index (χ4v) is 6.42. The van der Waals surface area contributed by atoms with Crippen LogP contribution in [0.1, 0.15) is 49.8 Å². The smallest absolute Gasteiger partial charge is 0.264 e. The van der Waals surface area contributed by atoms with E-state index in [1.807, 2.05) is 49.4 Å².